The van der Waals surface area contributed by atoms with Crippen LogP contribution in [0.1, 0.15) is 5.56 Å². The first-order valence-corrected chi connectivity index (χ1v) is 11.4. The van der Waals surface area contributed by atoms with Gasteiger partial charge in [-0.25, -0.2) is 4.98 Å². The lowest BCUT2D eigenvalue weighted by molar-refractivity contribution is 0.00789. The maximum atomic E-state index is 9.96. The molecule has 2 aromatic heterocycles. The van der Waals surface area contributed by atoms with Crippen LogP contribution in [0.4, 0.5) is 0 Å². The van der Waals surface area contributed by atoms with Crippen molar-refractivity contribution in [2.24, 2.45) is 0 Å². The third-order valence-corrected chi connectivity index (χ3v) is 6.60. The van der Waals surface area contributed by atoms with Gasteiger partial charge in [0.15, 0.2) is 6.10 Å². The van der Waals surface area contributed by atoms with Crippen LogP contribution < -0.4 is 4.74 Å². The lowest BCUT2D eigenvalue weighted by Gasteiger charge is -2.16. The number of aliphatic hydroxyl groups excluding tert-OH is 1. The average Bonchev–Trinajstić information content (AvgIpc) is 3.54. The second kappa shape index (κ2) is 8.42. The Bertz CT molecular complexity index is 1400. The summed E-state index contributed by atoms with van der Waals surface area (Å²) in [5.41, 5.74) is 5.01. The van der Waals surface area contributed by atoms with Crippen molar-refractivity contribution in [2.75, 3.05) is 13.2 Å². The van der Waals surface area contributed by atoms with Crippen molar-refractivity contribution in [3.8, 4) is 34.3 Å². The normalized spacial score (nSPS) is 23.7. The van der Waals surface area contributed by atoms with E-state index < -0.39 is 18.3 Å². The number of aliphatic hydroxyl groups is 1. The summed E-state index contributed by atoms with van der Waals surface area (Å²) < 4.78 is 17.3. The Hall–Kier alpha value is -3.41. The van der Waals surface area contributed by atoms with Crippen molar-refractivity contribution in [3.63, 3.8) is 0 Å². The van der Waals surface area contributed by atoms with E-state index in [0.29, 0.717) is 21.7 Å². The number of aromatic amines is 1. The predicted molar refractivity (Wildman–Crippen MR) is 127 cm³/mol. The van der Waals surface area contributed by atoms with Crippen molar-refractivity contribution < 1.29 is 19.3 Å². The molecule has 0 saturated carbocycles. The third-order valence-electron chi connectivity index (χ3n) is 6.32. The summed E-state index contributed by atoms with van der Waals surface area (Å²) in [6, 6.07) is 22.0. The molecule has 7 nitrogen and oxygen atoms in total. The standard InChI is InChI=1S/C26H20ClN3O4/c27-18-10-19-23(30-22(18)16-8-6-15(7-9-16)14-4-2-1-3-5-14)17(11-28)26(29-19)34-21-13-33-24-20(31)12-32-25(21)24/h1-10,20-21,24-25,29,31H,12-13H2/t20-,21-,24?,25?/m1/s1. The number of hydrogen-bond acceptors (Lipinski definition) is 6. The summed E-state index contributed by atoms with van der Waals surface area (Å²) in [6.07, 6.45) is -1.92. The van der Waals surface area contributed by atoms with E-state index in [9.17, 15) is 10.4 Å². The number of nitrogens with one attached hydrogen (secondary N) is 1. The molecule has 2 aromatic carbocycles. The number of hydrogen-bond donors (Lipinski definition) is 2. The average molecular weight is 474 g/mol. The molecule has 170 valence electrons. The number of nitrogens with zero attached hydrogens (tertiary/aromatic N) is 2. The summed E-state index contributed by atoms with van der Waals surface area (Å²) in [4.78, 5) is 7.84. The molecule has 2 unspecified atom stereocenters. The zero-order chi connectivity index (χ0) is 23.2. The number of benzene rings is 2. The van der Waals surface area contributed by atoms with Crippen molar-refractivity contribution in [1.29, 1.82) is 5.26 Å². The molecule has 2 saturated heterocycles. The van der Waals surface area contributed by atoms with Crippen LogP contribution in [0, 0.1) is 11.3 Å². The van der Waals surface area contributed by atoms with E-state index in [0.717, 1.165) is 16.7 Å². The number of fused-ring (bicyclic) bond motifs is 2. The number of rotatable bonds is 4. The molecule has 0 amide bonds. The highest BCUT2D eigenvalue weighted by atomic mass is 35.5. The first-order chi connectivity index (χ1) is 16.6. The fourth-order valence-corrected chi connectivity index (χ4v) is 4.87. The van der Waals surface area contributed by atoms with Crippen LogP contribution in [0.5, 0.6) is 5.88 Å². The van der Waals surface area contributed by atoms with Crippen LogP contribution in [0.3, 0.4) is 0 Å². The molecule has 0 bridgehead atoms. The number of H-pyrrole nitrogens is 1. The Morgan fingerprint density at radius 1 is 1.00 bits per heavy atom. The van der Waals surface area contributed by atoms with Gasteiger partial charge < -0.3 is 24.3 Å². The van der Waals surface area contributed by atoms with Crippen molar-refractivity contribution >= 4 is 22.6 Å². The zero-order valence-electron chi connectivity index (χ0n) is 17.9. The Kier molecular flexibility index (Phi) is 5.24. The maximum absolute atomic E-state index is 9.96. The lowest BCUT2D eigenvalue weighted by Crippen LogP contribution is -2.34. The molecule has 0 radical (unpaired) electrons. The van der Waals surface area contributed by atoms with Gasteiger partial charge in [-0.1, -0.05) is 66.2 Å². The molecule has 6 rings (SSSR count). The highest BCUT2D eigenvalue weighted by Gasteiger charge is 2.48. The Labute approximate surface area is 200 Å². The number of halogens is 1. The van der Waals surface area contributed by atoms with Crippen molar-refractivity contribution in [2.45, 2.75) is 24.4 Å². The van der Waals surface area contributed by atoms with E-state index in [1.54, 1.807) is 6.07 Å². The fourth-order valence-electron chi connectivity index (χ4n) is 4.61. The van der Waals surface area contributed by atoms with E-state index in [2.05, 4.69) is 23.2 Å². The molecule has 0 aliphatic carbocycles. The quantitative estimate of drug-likeness (QED) is 0.457. The van der Waals surface area contributed by atoms with Gasteiger partial charge in [0.25, 0.3) is 0 Å². The van der Waals surface area contributed by atoms with Crippen molar-refractivity contribution in [1.82, 2.24) is 9.97 Å². The van der Waals surface area contributed by atoms with Crippen LogP contribution in [0.15, 0.2) is 60.7 Å². The van der Waals surface area contributed by atoms with Gasteiger partial charge in [0.2, 0.25) is 5.88 Å². The zero-order valence-corrected chi connectivity index (χ0v) is 18.7. The van der Waals surface area contributed by atoms with Crippen LogP contribution in [-0.2, 0) is 9.47 Å². The highest BCUT2D eigenvalue weighted by Crippen LogP contribution is 2.36. The first kappa shape index (κ1) is 21.1. The van der Waals surface area contributed by atoms with Gasteiger partial charge in [-0.3, -0.25) is 0 Å². The minimum atomic E-state index is -0.673. The van der Waals surface area contributed by atoms with Gasteiger partial charge in [-0.05, 0) is 17.2 Å². The fraction of sp³-hybridized carbons (Fsp3) is 0.231. The van der Waals surface area contributed by atoms with Gasteiger partial charge in [0.1, 0.15) is 35.5 Å². The number of nitriles is 1. The molecular weight excluding hydrogens is 454 g/mol. The SMILES string of the molecule is N#Cc1c(O[C@@H]2COC3C2OC[C@H]3O)[nH]c2cc(Cl)c(-c3ccc(-c4ccccc4)cc3)nc12. The van der Waals surface area contributed by atoms with Crippen LogP contribution in [-0.4, -0.2) is 52.7 Å². The Morgan fingerprint density at radius 2 is 1.71 bits per heavy atom. The van der Waals surface area contributed by atoms with E-state index in [-0.39, 0.29) is 30.8 Å². The third kappa shape index (κ3) is 3.52. The second-order valence-corrected chi connectivity index (χ2v) is 8.83. The molecule has 4 heterocycles. The molecular formula is C26H20ClN3O4. The number of aromatic nitrogens is 2. The molecule has 34 heavy (non-hydrogen) atoms. The minimum Gasteiger partial charge on any atom is -0.469 e. The van der Waals surface area contributed by atoms with Gasteiger partial charge in [-0.15, -0.1) is 0 Å². The second-order valence-electron chi connectivity index (χ2n) is 8.42. The Morgan fingerprint density at radius 3 is 2.47 bits per heavy atom. The topological polar surface area (TPSA) is 100 Å². The molecule has 2 N–H and O–H groups in total. The van der Waals surface area contributed by atoms with Crippen LogP contribution in [0.2, 0.25) is 5.02 Å². The smallest absolute Gasteiger partial charge is 0.212 e. The van der Waals surface area contributed by atoms with Crippen LogP contribution in [0.25, 0.3) is 33.4 Å². The van der Waals surface area contributed by atoms with E-state index in [1.165, 1.54) is 0 Å². The number of pyridine rings is 1. The van der Waals surface area contributed by atoms with Crippen LogP contribution >= 0.6 is 11.6 Å². The molecule has 8 heteroatoms. The minimum absolute atomic E-state index is 0.205. The number of ether oxygens (including phenoxy) is 3. The maximum Gasteiger partial charge on any atom is 0.212 e. The predicted octanol–water partition coefficient (Wildman–Crippen LogP) is 4.33. The summed E-state index contributed by atoms with van der Waals surface area (Å²) in [7, 11) is 0. The Balaban J connectivity index is 1.33. The van der Waals surface area contributed by atoms with Gasteiger partial charge in [-0.2, -0.15) is 5.26 Å². The molecule has 0 spiro atoms. The monoisotopic (exact) mass is 473 g/mol. The molecule has 4 aromatic rings. The lowest BCUT2D eigenvalue weighted by atomic mass is 10.0. The van der Waals surface area contributed by atoms with Gasteiger partial charge in [0.05, 0.1) is 29.4 Å². The summed E-state index contributed by atoms with van der Waals surface area (Å²) in [5, 5.41) is 20.3. The van der Waals surface area contributed by atoms with E-state index in [1.807, 2.05) is 42.5 Å². The molecule has 4 atom stereocenters. The molecule has 2 fully saturated rings. The van der Waals surface area contributed by atoms with E-state index in [4.69, 9.17) is 30.8 Å². The molecule has 2 aliphatic rings. The summed E-state index contributed by atoms with van der Waals surface area (Å²) >= 11 is 6.58. The highest BCUT2D eigenvalue weighted by molar-refractivity contribution is 6.33. The van der Waals surface area contributed by atoms with Gasteiger partial charge in [0, 0.05) is 5.56 Å². The van der Waals surface area contributed by atoms with Crippen molar-refractivity contribution in [3.05, 3.63) is 71.2 Å². The largest absolute Gasteiger partial charge is 0.469 e. The summed E-state index contributed by atoms with van der Waals surface area (Å²) in [5.74, 6) is 0.289. The summed E-state index contributed by atoms with van der Waals surface area (Å²) in [6.45, 7) is 0.469. The van der Waals surface area contributed by atoms with E-state index >= 15 is 0 Å². The molecule has 2 aliphatic heterocycles. The van der Waals surface area contributed by atoms with Gasteiger partial charge >= 0.3 is 0 Å². The first-order valence-electron chi connectivity index (χ1n) is 11.0.